The number of methoxy groups -OCH3 is 1. The molecule has 4 rings (SSSR count). The van der Waals surface area contributed by atoms with Crippen LogP contribution in [0.15, 0.2) is 0 Å². The number of aromatic nitrogens is 2. The molecular weight excluding hydrogens is 256 g/mol. The Kier molecular flexibility index (Phi) is 2.56. The SMILES string of the molecule is COC(=O)C12CC(C(=O)c3nc(C)c(C)nc3C)(C1)C2. The molecule has 0 saturated heterocycles. The van der Waals surface area contributed by atoms with E-state index in [2.05, 4.69) is 9.97 Å². The van der Waals surface area contributed by atoms with Gasteiger partial charge in [0.25, 0.3) is 0 Å². The number of ether oxygens (including phenoxy) is 1. The van der Waals surface area contributed by atoms with Gasteiger partial charge < -0.3 is 4.74 Å². The summed E-state index contributed by atoms with van der Waals surface area (Å²) in [4.78, 5) is 33.1. The second-order valence-corrected chi connectivity index (χ2v) is 6.24. The monoisotopic (exact) mass is 274 g/mol. The highest BCUT2D eigenvalue weighted by Crippen LogP contribution is 2.74. The number of Topliss-reactive ketones (excluding diaryl/α,β-unsaturated/α-hetero) is 1. The lowest BCUT2D eigenvalue weighted by atomic mass is 9.33. The van der Waals surface area contributed by atoms with Gasteiger partial charge in [0.2, 0.25) is 0 Å². The van der Waals surface area contributed by atoms with E-state index in [4.69, 9.17) is 4.74 Å². The minimum Gasteiger partial charge on any atom is -0.469 e. The van der Waals surface area contributed by atoms with E-state index in [-0.39, 0.29) is 11.8 Å². The van der Waals surface area contributed by atoms with Crippen molar-refractivity contribution in [2.45, 2.75) is 40.0 Å². The van der Waals surface area contributed by atoms with Crippen molar-refractivity contribution in [3.8, 4) is 0 Å². The Bertz CT molecular complexity index is 616. The number of hydrogen-bond acceptors (Lipinski definition) is 5. The lowest BCUT2D eigenvalue weighted by Gasteiger charge is -2.67. The first kappa shape index (κ1) is 13.2. The third-order valence-corrected chi connectivity index (χ3v) is 4.83. The summed E-state index contributed by atoms with van der Waals surface area (Å²) in [6.45, 7) is 5.56. The molecule has 3 saturated carbocycles. The Hall–Kier alpha value is -1.78. The molecule has 0 aromatic carbocycles. The third kappa shape index (κ3) is 1.49. The first-order chi connectivity index (χ1) is 9.33. The Morgan fingerprint density at radius 2 is 1.50 bits per heavy atom. The summed E-state index contributed by atoms with van der Waals surface area (Å²) in [5, 5.41) is 0. The molecule has 5 nitrogen and oxygen atoms in total. The lowest BCUT2D eigenvalue weighted by molar-refractivity contribution is -0.207. The number of carbonyl (C=O) groups excluding carboxylic acids is 2. The summed E-state index contributed by atoms with van der Waals surface area (Å²) in [6.07, 6.45) is 1.79. The van der Waals surface area contributed by atoms with E-state index in [1.807, 2.05) is 20.8 Å². The lowest BCUT2D eigenvalue weighted by Crippen LogP contribution is -2.68. The number of rotatable bonds is 3. The Morgan fingerprint density at radius 3 is 2.05 bits per heavy atom. The molecular formula is C15H18N2O3. The largest absolute Gasteiger partial charge is 0.469 e. The Morgan fingerprint density at radius 1 is 0.950 bits per heavy atom. The van der Waals surface area contributed by atoms with E-state index >= 15 is 0 Å². The summed E-state index contributed by atoms with van der Waals surface area (Å²) < 4.78 is 4.81. The smallest absolute Gasteiger partial charge is 0.311 e. The molecule has 3 aliphatic carbocycles. The maximum absolute atomic E-state index is 12.7. The average molecular weight is 274 g/mol. The van der Waals surface area contributed by atoms with Crippen LogP contribution in [0.1, 0.15) is 46.8 Å². The number of nitrogens with zero attached hydrogens (tertiary/aromatic N) is 2. The van der Waals surface area contributed by atoms with Gasteiger partial charge in [0, 0.05) is 5.41 Å². The van der Waals surface area contributed by atoms with Gasteiger partial charge in [0.1, 0.15) is 5.69 Å². The average Bonchev–Trinajstić information content (AvgIpc) is 2.29. The van der Waals surface area contributed by atoms with Gasteiger partial charge in [-0.2, -0.15) is 0 Å². The zero-order valence-corrected chi connectivity index (χ0v) is 12.2. The minimum atomic E-state index is -0.397. The molecule has 0 spiro atoms. The molecule has 1 aromatic heterocycles. The van der Waals surface area contributed by atoms with Crippen molar-refractivity contribution in [1.29, 1.82) is 0 Å². The van der Waals surface area contributed by atoms with Crippen molar-refractivity contribution in [1.82, 2.24) is 9.97 Å². The van der Waals surface area contributed by atoms with E-state index in [0.717, 1.165) is 11.4 Å². The fourth-order valence-corrected chi connectivity index (χ4v) is 3.64. The van der Waals surface area contributed by atoms with Gasteiger partial charge in [-0.25, -0.2) is 4.98 Å². The second kappa shape index (κ2) is 3.87. The van der Waals surface area contributed by atoms with Crippen LogP contribution in [0.5, 0.6) is 0 Å². The first-order valence-electron chi connectivity index (χ1n) is 6.79. The number of ketones is 1. The highest BCUT2D eigenvalue weighted by atomic mass is 16.5. The molecule has 5 heteroatoms. The zero-order valence-electron chi connectivity index (χ0n) is 12.2. The van der Waals surface area contributed by atoms with Gasteiger partial charge in [0.15, 0.2) is 5.78 Å². The van der Waals surface area contributed by atoms with Gasteiger partial charge in [-0.15, -0.1) is 0 Å². The summed E-state index contributed by atoms with van der Waals surface area (Å²) >= 11 is 0. The molecule has 0 atom stereocenters. The fourth-order valence-electron chi connectivity index (χ4n) is 3.64. The van der Waals surface area contributed by atoms with Crippen LogP contribution in [0, 0.1) is 31.6 Å². The van der Waals surface area contributed by atoms with E-state index < -0.39 is 10.8 Å². The van der Waals surface area contributed by atoms with Crippen LogP contribution < -0.4 is 0 Å². The second-order valence-electron chi connectivity index (χ2n) is 6.24. The molecule has 0 amide bonds. The van der Waals surface area contributed by atoms with Gasteiger partial charge in [-0.3, -0.25) is 14.6 Å². The van der Waals surface area contributed by atoms with Crippen LogP contribution in [0.25, 0.3) is 0 Å². The Labute approximate surface area is 117 Å². The quantitative estimate of drug-likeness (QED) is 0.622. The van der Waals surface area contributed by atoms with Gasteiger partial charge in [0.05, 0.1) is 29.6 Å². The van der Waals surface area contributed by atoms with E-state index in [9.17, 15) is 9.59 Å². The predicted octanol–water partition coefficient (Wildman–Crippen LogP) is 1.93. The van der Waals surface area contributed by atoms with Crippen molar-refractivity contribution in [2.24, 2.45) is 10.8 Å². The van der Waals surface area contributed by atoms with E-state index in [1.165, 1.54) is 7.11 Å². The van der Waals surface area contributed by atoms with Crippen molar-refractivity contribution < 1.29 is 14.3 Å². The van der Waals surface area contributed by atoms with Crippen molar-refractivity contribution in [2.75, 3.05) is 7.11 Å². The van der Waals surface area contributed by atoms with Gasteiger partial charge in [-0.05, 0) is 40.0 Å². The Balaban J connectivity index is 1.84. The van der Waals surface area contributed by atoms with Crippen molar-refractivity contribution >= 4 is 11.8 Å². The zero-order chi connectivity index (χ0) is 14.7. The number of aryl methyl sites for hydroxylation is 3. The van der Waals surface area contributed by atoms with Gasteiger partial charge >= 0.3 is 5.97 Å². The molecule has 0 radical (unpaired) electrons. The molecule has 3 aliphatic rings. The summed E-state index contributed by atoms with van der Waals surface area (Å²) in [7, 11) is 1.40. The standard InChI is InChI=1S/C15H18N2O3/c1-8-9(2)17-11(10(3)16-8)12(18)14-5-15(6-14,7-14)13(19)20-4/h5-7H2,1-4H3. The maximum Gasteiger partial charge on any atom is 0.311 e. The normalized spacial score (nSPS) is 30.2. The van der Waals surface area contributed by atoms with Crippen molar-refractivity contribution in [3.05, 3.63) is 22.8 Å². The van der Waals surface area contributed by atoms with Crippen LogP contribution in [-0.4, -0.2) is 28.8 Å². The molecule has 0 N–H and O–H groups in total. The number of hydrogen-bond donors (Lipinski definition) is 0. The molecule has 0 unspecified atom stereocenters. The maximum atomic E-state index is 12.7. The van der Waals surface area contributed by atoms with Crippen molar-refractivity contribution in [3.63, 3.8) is 0 Å². The van der Waals surface area contributed by atoms with Crippen LogP contribution in [-0.2, 0) is 9.53 Å². The molecule has 1 aromatic rings. The van der Waals surface area contributed by atoms with Crippen LogP contribution in [0.4, 0.5) is 0 Å². The summed E-state index contributed by atoms with van der Waals surface area (Å²) in [5.74, 6) is -0.147. The number of esters is 1. The van der Waals surface area contributed by atoms with E-state index in [0.29, 0.717) is 30.7 Å². The minimum absolute atomic E-state index is 0.0383. The molecule has 106 valence electrons. The predicted molar refractivity (Wildman–Crippen MR) is 71.3 cm³/mol. The molecule has 0 aliphatic heterocycles. The van der Waals surface area contributed by atoms with Crippen LogP contribution >= 0.6 is 0 Å². The molecule has 3 fully saturated rings. The topological polar surface area (TPSA) is 69.2 Å². The van der Waals surface area contributed by atoms with Crippen LogP contribution in [0.2, 0.25) is 0 Å². The molecule has 1 heterocycles. The highest BCUT2D eigenvalue weighted by molar-refractivity contribution is 6.04. The number of carbonyl (C=O) groups is 2. The highest BCUT2D eigenvalue weighted by Gasteiger charge is 2.75. The first-order valence-corrected chi connectivity index (χ1v) is 6.79. The molecule has 2 bridgehead atoms. The summed E-state index contributed by atoms with van der Waals surface area (Å²) in [5.41, 5.74) is 1.98. The third-order valence-electron chi connectivity index (χ3n) is 4.83. The van der Waals surface area contributed by atoms with Gasteiger partial charge in [-0.1, -0.05) is 0 Å². The van der Waals surface area contributed by atoms with E-state index in [1.54, 1.807) is 0 Å². The fraction of sp³-hybridized carbons (Fsp3) is 0.600. The van der Waals surface area contributed by atoms with Crippen LogP contribution in [0.3, 0.4) is 0 Å². The molecule has 20 heavy (non-hydrogen) atoms. The summed E-state index contributed by atoms with van der Waals surface area (Å²) in [6, 6.07) is 0.